The number of carboxylic acid groups (broad SMARTS) is 1. The monoisotopic (exact) mass is 440 g/mol. The normalized spacial score (nSPS) is 24.0. The molecule has 0 unspecified atom stereocenters. The third-order valence-electron chi connectivity index (χ3n) is 5.34. The lowest BCUT2D eigenvalue weighted by molar-refractivity contribution is -0.122. The Labute approximate surface area is 181 Å². The maximum absolute atomic E-state index is 12.4. The van der Waals surface area contributed by atoms with Crippen molar-refractivity contribution in [1.29, 1.82) is 0 Å². The van der Waals surface area contributed by atoms with Gasteiger partial charge in [-0.3, -0.25) is 4.79 Å². The van der Waals surface area contributed by atoms with Crippen molar-refractivity contribution in [3.63, 3.8) is 0 Å². The molecule has 1 aromatic rings. The minimum atomic E-state index is -1.02. The molecule has 1 aromatic heterocycles. The van der Waals surface area contributed by atoms with Gasteiger partial charge in [-0.1, -0.05) is 50.1 Å². The van der Waals surface area contributed by atoms with Crippen LogP contribution in [0, 0.1) is 11.8 Å². The van der Waals surface area contributed by atoms with Gasteiger partial charge in [-0.25, -0.2) is 9.78 Å². The summed E-state index contributed by atoms with van der Waals surface area (Å²) in [6.07, 6.45) is 9.47. The lowest BCUT2D eigenvalue weighted by Crippen LogP contribution is -2.25. The van der Waals surface area contributed by atoms with E-state index in [0.717, 1.165) is 25.7 Å². The molecule has 1 saturated heterocycles. The summed E-state index contributed by atoms with van der Waals surface area (Å²) in [6.45, 7) is 6.04. The van der Waals surface area contributed by atoms with E-state index in [0.29, 0.717) is 22.9 Å². The molecule has 4 atom stereocenters. The van der Waals surface area contributed by atoms with Crippen LogP contribution in [0.4, 0.5) is 0 Å². The molecule has 0 aliphatic carbocycles. The highest BCUT2D eigenvalue weighted by molar-refractivity contribution is 8.01. The number of carboxylic acids is 1. The molecule has 0 radical (unpaired) electrons. The predicted molar refractivity (Wildman–Crippen MR) is 118 cm³/mol. The van der Waals surface area contributed by atoms with Gasteiger partial charge in [0.15, 0.2) is 10.0 Å². The standard InChI is InChI=1S/C21H32N2O4S2/c1-4-5-6-10-21(3,27)11-7-8-15-14(2)22-18(24)16(15)9-12-28-20-23-17(13-29-20)19(25)26/h7-8,13-16,27H,4-6,9-12H2,1-3H3,(H,22,24)(H,25,26)/b8-7+/t14-,15+,16-,21-/m0/s1. The van der Waals surface area contributed by atoms with Crippen molar-refractivity contribution in [2.75, 3.05) is 5.75 Å². The van der Waals surface area contributed by atoms with Gasteiger partial charge in [-0.05, 0) is 33.1 Å². The van der Waals surface area contributed by atoms with Crippen molar-refractivity contribution < 1.29 is 19.8 Å². The average Bonchev–Trinajstić information content (AvgIpc) is 3.21. The van der Waals surface area contributed by atoms with E-state index >= 15 is 0 Å². The van der Waals surface area contributed by atoms with Gasteiger partial charge < -0.3 is 15.5 Å². The van der Waals surface area contributed by atoms with Gasteiger partial charge in [0.2, 0.25) is 5.91 Å². The second kappa shape index (κ2) is 11.1. The number of aromatic carboxylic acids is 1. The fourth-order valence-electron chi connectivity index (χ4n) is 3.61. The number of amides is 1. The Morgan fingerprint density at radius 2 is 2.21 bits per heavy atom. The number of thiazole rings is 1. The zero-order chi connectivity index (χ0) is 21.4. The molecule has 0 saturated carbocycles. The number of hydrogen-bond donors (Lipinski definition) is 3. The van der Waals surface area contributed by atoms with E-state index in [1.165, 1.54) is 28.5 Å². The summed E-state index contributed by atoms with van der Waals surface area (Å²) in [5.74, 6) is -0.269. The summed E-state index contributed by atoms with van der Waals surface area (Å²) in [4.78, 5) is 27.4. The molecule has 2 rings (SSSR count). The average molecular weight is 441 g/mol. The Morgan fingerprint density at radius 3 is 2.86 bits per heavy atom. The summed E-state index contributed by atoms with van der Waals surface area (Å²) in [7, 11) is 0. The summed E-state index contributed by atoms with van der Waals surface area (Å²) in [5.41, 5.74) is -0.639. The van der Waals surface area contributed by atoms with Crippen molar-refractivity contribution in [3.8, 4) is 0 Å². The first-order valence-electron chi connectivity index (χ1n) is 10.2. The van der Waals surface area contributed by atoms with Crippen LogP contribution < -0.4 is 5.32 Å². The number of unbranched alkanes of at least 4 members (excludes halogenated alkanes) is 2. The van der Waals surface area contributed by atoms with E-state index in [2.05, 4.69) is 23.3 Å². The highest BCUT2D eigenvalue weighted by Crippen LogP contribution is 2.32. The molecule has 1 amide bonds. The fourth-order valence-corrected chi connectivity index (χ4v) is 5.50. The van der Waals surface area contributed by atoms with Crippen LogP contribution >= 0.6 is 23.1 Å². The van der Waals surface area contributed by atoms with E-state index in [9.17, 15) is 14.7 Å². The molecule has 1 aliphatic rings. The molecule has 0 spiro atoms. The number of aliphatic hydroxyl groups is 1. The highest BCUT2D eigenvalue weighted by atomic mass is 32.2. The van der Waals surface area contributed by atoms with Gasteiger partial charge >= 0.3 is 5.97 Å². The van der Waals surface area contributed by atoms with Crippen LogP contribution in [0.15, 0.2) is 21.9 Å². The Hall–Kier alpha value is -1.38. The lowest BCUT2D eigenvalue weighted by atomic mass is 9.87. The van der Waals surface area contributed by atoms with Crippen molar-refractivity contribution in [2.45, 2.75) is 75.3 Å². The zero-order valence-corrected chi connectivity index (χ0v) is 19.0. The van der Waals surface area contributed by atoms with Crippen molar-refractivity contribution >= 4 is 35.0 Å². The van der Waals surface area contributed by atoms with Crippen molar-refractivity contribution in [1.82, 2.24) is 10.3 Å². The largest absolute Gasteiger partial charge is 0.476 e. The summed E-state index contributed by atoms with van der Waals surface area (Å²) >= 11 is 2.81. The van der Waals surface area contributed by atoms with E-state index in [1.807, 2.05) is 19.9 Å². The number of carbonyl (C=O) groups excluding carboxylic acids is 1. The van der Waals surface area contributed by atoms with E-state index in [4.69, 9.17) is 5.11 Å². The van der Waals surface area contributed by atoms with Crippen LogP contribution in [0.1, 0.15) is 69.8 Å². The Kier molecular flexibility index (Phi) is 9.17. The molecular weight excluding hydrogens is 408 g/mol. The molecule has 3 N–H and O–H groups in total. The number of rotatable bonds is 12. The first-order chi connectivity index (χ1) is 13.7. The van der Waals surface area contributed by atoms with Gasteiger partial charge in [-0.15, -0.1) is 11.3 Å². The minimum absolute atomic E-state index is 0.0628. The third kappa shape index (κ3) is 7.42. The SMILES string of the molecule is CCCCC[C@](C)(O)C/C=C/[C@@H]1[C@H](C)NC(=O)[C@H]1CCSc1nc(C(=O)O)cs1. The van der Waals surface area contributed by atoms with E-state index in [1.54, 1.807) is 0 Å². The zero-order valence-electron chi connectivity index (χ0n) is 17.4. The predicted octanol–water partition coefficient (Wildman–Crippen LogP) is 4.35. The van der Waals surface area contributed by atoms with E-state index in [-0.39, 0.29) is 29.5 Å². The van der Waals surface area contributed by atoms with Crippen LogP contribution in [0.3, 0.4) is 0 Å². The van der Waals surface area contributed by atoms with Crippen LogP contribution in [0.2, 0.25) is 0 Å². The molecule has 162 valence electrons. The van der Waals surface area contributed by atoms with Crippen LogP contribution in [-0.4, -0.2) is 44.5 Å². The minimum Gasteiger partial charge on any atom is -0.476 e. The maximum Gasteiger partial charge on any atom is 0.355 e. The lowest BCUT2D eigenvalue weighted by Gasteiger charge is -2.22. The molecule has 6 nitrogen and oxygen atoms in total. The van der Waals surface area contributed by atoms with Gasteiger partial charge in [0.25, 0.3) is 0 Å². The number of nitrogens with zero attached hydrogens (tertiary/aromatic N) is 1. The molecule has 29 heavy (non-hydrogen) atoms. The number of nitrogens with one attached hydrogen (secondary N) is 1. The fraction of sp³-hybridized carbons (Fsp3) is 0.667. The second-order valence-electron chi connectivity index (χ2n) is 8.01. The maximum atomic E-state index is 12.4. The molecular formula is C21H32N2O4S2. The molecule has 2 heterocycles. The van der Waals surface area contributed by atoms with Gasteiger partial charge in [0, 0.05) is 29.0 Å². The van der Waals surface area contributed by atoms with Crippen LogP contribution in [-0.2, 0) is 4.79 Å². The summed E-state index contributed by atoms with van der Waals surface area (Å²) in [5, 5.41) is 24.0. The number of hydrogen-bond acceptors (Lipinski definition) is 6. The topological polar surface area (TPSA) is 99.5 Å². The van der Waals surface area contributed by atoms with Gasteiger partial charge in [0.05, 0.1) is 5.60 Å². The quantitative estimate of drug-likeness (QED) is 0.254. The smallest absolute Gasteiger partial charge is 0.355 e. The van der Waals surface area contributed by atoms with Gasteiger partial charge in [0.1, 0.15) is 0 Å². The van der Waals surface area contributed by atoms with Gasteiger partial charge in [-0.2, -0.15) is 0 Å². The highest BCUT2D eigenvalue weighted by Gasteiger charge is 2.37. The summed E-state index contributed by atoms with van der Waals surface area (Å²) < 4.78 is 0.712. The van der Waals surface area contributed by atoms with Crippen molar-refractivity contribution in [2.24, 2.45) is 11.8 Å². The molecule has 0 bridgehead atoms. The second-order valence-corrected chi connectivity index (χ2v) is 10.2. The molecule has 8 heteroatoms. The van der Waals surface area contributed by atoms with Crippen molar-refractivity contribution in [3.05, 3.63) is 23.2 Å². The Balaban J connectivity index is 1.87. The first kappa shape index (κ1) is 23.9. The number of carbonyl (C=O) groups is 2. The molecule has 1 fully saturated rings. The van der Waals surface area contributed by atoms with Crippen LogP contribution in [0.25, 0.3) is 0 Å². The number of thioether (sulfide) groups is 1. The summed E-state index contributed by atoms with van der Waals surface area (Å²) in [6, 6.07) is 0.0669. The Bertz CT molecular complexity index is 717. The van der Waals surface area contributed by atoms with Crippen LogP contribution in [0.5, 0.6) is 0 Å². The number of aromatic nitrogens is 1. The molecule has 0 aromatic carbocycles. The molecule has 1 aliphatic heterocycles. The third-order valence-corrected chi connectivity index (χ3v) is 7.39. The Morgan fingerprint density at radius 1 is 1.45 bits per heavy atom. The van der Waals surface area contributed by atoms with E-state index < -0.39 is 11.6 Å². The first-order valence-corrected chi connectivity index (χ1v) is 12.1.